The molecule has 0 radical (unpaired) electrons. The Bertz CT molecular complexity index is 409. The van der Waals surface area contributed by atoms with Gasteiger partial charge >= 0.3 is 0 Å². The molecular weight excluding hydrogens is 212 g/mol. The van der Waals surface area contributed by atoms with Crippen LogP contribution in [0.15, 0.2) is 24.3 Å². The van der Waals surface area contributed by atoms with Crippen molar-refractivity contribution < 1.29 is 9.53 Å². The number of rotatable bonds is 3. The van der Waals surface area contributed by atoms with Gasteiger partial charge in [0.15, 0.2) is 0 Å². The van der Waals surface area contributed by atoms with Crippen molar-refractivity contribution in [3.8, 4) is 5.75 Å². The van der Waals surface area contributed by atoms with E-state index < -0.39 is 0 Å². The molecule has 0 spiro atoms. The first-order valence-electron chi connectivity index (χ1n) is 6.37. The van der Waals surface area contributed by atoms with E-state index in [1.54, 1.807) is 0 Å². The van der Waals surface area contributed by atoms with Crippen molar-refractivity contribution in [3.63, 3.8) is 0 Å². The molecule has 0 heterocycles. The maximum atomic E-state index is 11.6. The smallest absolute Gasteiger partial charge is 0.136 e. The normalized spacial score (nSPS) is 24.4. The number of hydrogen-bond acceptors (Lipinski definition) is 2. The topological polar surface area (TPSA) is 26.3 Å². The van der Waals surface area contributed by atoms with Crippen molar-refractivity contribution in [2.24, 2.45) is 5.92 Å². The molecule has 2 atom stereocenters. The number of ether oxygens (including phenoxy) is 1. The standard InChI is InChI=1S/C15H20O2/c1-10(2)17-13-6-4-5-12(9-13)14-7-8-15(16)11(14)3/h4-6,9-11,14H,7-8H2,1-3H3. The van der Waals surface area contributed by atoms with Crippen LogP contribution < -0.4 is 4.74 Å². The lowest BCUT2D eigenvalue weighted by molar-refractivity contribution is -0.120. The van der Waals surface area contributed by atoms with Gasteiger partial charge in [0.1, 0.15) is 11.5 Å². The van der Waals surface area contributed by atoms with Gasteiger partial charge in [-0.15, -0.1) is 0 Å². The largest absolute Gasteiger partial charge is 0.491 e. The van der Waals surface area contributed by atoms with Gasteiger partial charge in [-0.25, -0.2) is 0 Å². The van der Waals surface area contributed by atoms with E-state index in [1.165, 1.54) is 5.56 Å². The molecule has 2 heteroatoms. The summed E-state index contributed by atoms with van der Waals surface area (Å²) in [5.74, 6) is 1.83. The number of ketones is 1. The molecule has 2 unspecified atom stereocenters. The highest BCUT2D eigenvalue weighted by atomic mass is 16.5. The first-order chi connectivity index (χ1) is 8.08. The van der Waals surface area contributed by atoms with E-state index in [4.69, 9.17) is 4.74 Å². The van der Waals surface area contributed by atoms with Gasteiger partial charge in [0, 0.05) is 12.3 Å². The zero-order chi connectivity index (χ0) is 12.4. The highest BCUT2D eigenvalue weighted by Gasteiger charge is 2.31. The highest BCUT2D eigenvalue weighted by Crippen LogP contribution is 2.38. The summed E-state index contributed by atoms with van der Waals surface area (Å²) in [4.78, 5) is 11.6. The fraction of sp³-hybridized carbons (Fsp3) is 0.533. The van der Waals surface area contributed by atoms with Crippen LogP contribution in [0.25, 0.3) is 0 Å². The molecule has 0 amide bonds. The fourth-order valence-electron chi connectivity index (χ4n) is 2.55. The van der Waals surface area contributed by atoms with Crippen LogP contribution in [-0.4, -0.2) is 11.9 Å². The number of benzene rings is 1. The van der Waals surface area contributed by atoms with E-state index in [-0.39, 0.29) is 12.0 Å². The van der Waals surface area contributed by atoms with Gasteiger partial charge in [-0.3, -0.25) is 4.79 Å². The molecule has 0 saturated heterocycles. The Morgan fingerprint density at radius 1 is 1.35 bits per heavy atom. The maximum absolute atomic E-state index is 11.6. The highest BCUT2D eigenvalue weighted by molar-refractivity contribution is 5.84. The van der Waals surface area contributed by atoms with Crippen LogP contribution in [-0.2, 0) is 4.79 Å². The molecule has 0 aliphatic heterocycles. The molecule has 0 aromatic heterocycles. The number of carbonyl (C=O) groups excluding carboxylic acids is 1. The molecule has 0 bridgehead atoms. The van der Waals surface area contributed by atoms with E-state index in [0.29, 0.717) is 11.7 Å². The van der Waals surface area contributed by atoms with Crippen molar-refractivity contribution >= 4 is 5.78 Å². The molecule has 1 fully saturated rings. The van der Waals surface area contributed by atoms with Gasteiger partial charge < -0.3 is 4.74 Å². The van der Waals surface area contributed by atoms with Gasteiger partial charge in [-0.2, -0.15) is 0 Å². The number of carbonyl (C=O) groups is 1. The van der Waals surface area contributed by atoms with E-state index in [1.807, 2.05) is 32.9 Å². The summed E-state index contributed by atoms with van der Waals surface area (Å²) in [6.45, 7) is 6.08. The summed E-state index contributed by atoms with van der Waals surface area (Å²) in [6, 6.07) is 8.18. The van der Waals surface area contributed by atoms with Crippen molar-refractivity contribution in [2.45, 2.75) is 45.6 Å². The number of hydrogen-bond donors (Lipinski definition) is 0. The summed E-state index contributed by atoms with van der Waals surface area (Å²) >= 11 is 0. The van der Waals surface area contributed by atoms with Crippen LogP contribution >= 0.6 is 0 Å². The minimum absolute atomic E-state index is 0.157. The zero-order valence-corrected chi connectivity index (χ0v) is 10.8. The maximum Gasteiger partial charge on any atom is 0.136 e. The Morgan fingerprint density at radius 2 is 2.12 bits per heavy atom. The lowest BCUT2D eigenvalue weighted by Crippen LogP contribution is -2.10. The van der Waals surface area contributed by atoms with Gasteiger partial charge in [0.2, 0.25) is 0 Å². The summed E-state index contributed by atoms with van der Waals surface area (Å²) in [7, 11) is 0. The summed E-state index contributed by atoms with van der Waals surface area (Å²) in [6.07, 6.45) is 1.89. The van der Waals surface area contributed by atoms with E-state index in [9.17, 15) is 4.79 Å². The van der Waals surface area contributed by atoms with Gasteiger partial charge in [-0.05, 0) is 43.9 Å². The fourth-order valence-corrected chi connectivity index (χ4v) is 2.55. The van der Waals surface area contributed by atoms with Crippen LogP contribution in [0, 0.1) is 5.92 Å². The molecule has 1 aromatic carbocycles. The first-order valence-corrected chi connectivity index (χ1v) is 6.37. The zero-order valence-electron chi connectivity index (χ0n) is 10.8. The SMILES string of the molecule is CC(C)Oc1cccc(C2CCC(=O)C2C)c1. The third-order valence-electron chi connectivity index (χ3n) is 3.47. The van der Waals surface area contributed by atoms with Crippen molar-refractivity contribution in [1.29, 1.82) is 0 Å². The number of Topliss-reactive ketones (excluding diaryl/α,β-unsaturated/α-hetero) is 1. The second-order valence-corrected chi connectivity index (χ2v) is 5.14. The minimum atomic E-state index is 0.157. The van der Waals surface area contributed by atoms with E-state index in [0.717, 1.165) is 18.6 Å². The van der Waals surface area contributed by atoms with Crippen LogP contribution in [0.2, 0.25) is 0 Å². The predicted octanol–water partition coefficient (Wildman–Crippen LogP) is 3.56. The minimum Gasteiger partial charge on any atom is -0.491 e. The summed E-state index contributed by atoms with van der Waals surface area (Å²) in [5.41, 5.74) is 1.24. The summed E-state index contributed by atoms with van der Waals surface area (Å²) < 4.78 is 5.69. The van der Waals surface area contributed by atoms with E-state index in [2.05, 4.69) is 12.1 Å². The van der Waals surface area contributed by atoms with Gasteiger partial charge in [0.05, 0.1) is 6.10 Å². The van der Waals surface area contributed by atoms with Crippen molar-refractivity contribution in [2.75, 3.05) is 0 Å². The monoisotopic (exact) mass is 232 g/mol. The Kier molecular flexibility index (Phi) is 3.51. The Morgan fingerprint density at radius 3 is 2.71 bits per heavy atom. The Hall–Kier alpha value is -1.31. The Balaban J connectivity index is 2.18. The predicted molar refractivity (Wildman–Crippen MR) is 68.4 cm³/mol. The van der Waals surface area contributed by atoms with Gasteiger partial charge in [-0.1, -0.05) is 19.1 Å². The molecule has 1 saturated carbocycles. The van der Waals surface area contributed by atoms with Crippen LogP contribution in [0.4, 0.5) is 0 Å². The lowest BCUT2D eigenvalue weighted by atomic mass is 9.90. The third-order valence-corrected chi connectivity index (χ3v) is 3.47. The molecule has 1 aromatic rings. The molecule has 0 N–H and O–H groups in total. The van der Waals surface area contributed by atoms with Crippen molar-refractivity contribution in [1.82, 2.24) is 0 Å². The van der Waals surface area contributed by atoms with Gasteiger partial charge in [0.25, 0.3) is 0 Å². The third kappa shape index (κ3) is 2.68. The van der Waals surface area contributed by atoms with Crippen LogP contribution in [0.1, 0.15) is 45.1 Å². The average molecular weight is 232 g/mol. The molecule has 92 valence electrons. The average Bonchev–Trinajstić information content (AvgIpc) is 2.59. The molecule has 1 aliphatic carbocycles. The first kappa shape index (κ1) is 12.2. The van der Waals surface area contributed by atoms with E-state index >= 15 is 0 Å². The Labute approximate surface area is 103 Å². The second kappa shape index (κ2) is 4.91. The molecular formula is C15H20O2. The van der Waals surface area contributed by atoms with Crippen LogP contribution in [0.3, 0.4) is 0 Å². The summed E-state index contributed by atoms with van der Waals surface area (Å²) in [5, 5.41) is 0. The molecule has 2 rings (SSSR count). The lowest BCUT2D eigenvalue weighted by Gasteiger charge is -2.16. The quantitative estimate of drug-likeness (QED) is 0.796. The molecule has 1 aliphatic rings. The molecule has 17 heavy (non-hydrogen) atoms. The van der Waals surface area contributed by atoms with Crippen molar-refractivity contribution in [3.05, 3.63) is 29.8 Å². The molecule has 2 nitrogen and oxygen atoms in total. The second-order valence-electron chi connectivity index (χ2n) is 5.14. The van der Waals surface area contributed by atoms with Crippen LogP contribution in [0.5, 0.6) is 5.75 Å².